The zero-order valence-electron chi connectivity index (χ0n) is 13.2. The number of nitrogens with zero attached hydrogens (tertiary/aromatic N) is 1. The zero-order valence-corrected chi connectivity index (χ0v) is 15.5. The molecule has 2 aromatic rings. The van der Waals surface area contributed by atoms with Crippen LogP contribution in [0.25, 0.3) is 0 Å². The molecule has 128 valence electrons. The van der Waals surface area contributed by atoms with Crippen LogP contribution in [-0.4, -0.2) is 23.3 Å². The van der Waals surface area contributed by atoms with Crippen molar-refractivity contribution in [3.05, 3.63) is 75.7 Å². The minimum absolute atomic E-state index is 0.237. The van der Waals surface area contributed by atoms with E-state index in [-0.39, 0.29) is 18.7 Å². The summed E-state index contributed by atoms with van der Waals surface area (Å²) in [5.74, 6) is -0.878. The molecule has 25 heavy (non-hydrogen) atoms. The molecule has 1 N–H and O–H groups in total. The van der Waals surface area contributed by atoms with E-state index >= 15 is 0 Å². The predicted molar refractivity (Wildman–Crippen MR) is 101 cm³/mol. The number of hydrogen-bond donors (Lipinski definition) is 1. The van der Waals surface area contributed by atoms with Gasteiger partial charge in [0.15, 0.2) is 11.4 Å². The summed E-state index contributed by atoms with van der Waals surface area (Å²) in [6, 6.07) is 11.7. The summed E-state index contributed by atoms with van der Waals surface area (Å²) in [7, 11) is 0. The Morgan fingerprint density at radius 3 is 2.76 bits per heavy atom. The molecule has 0 saturated carbocycles. The number of ketones is 1. The highest BCUT2D eigenvalue weighted by molar-refractivity contribution is 9.10. The molecule has 1 aliphatic rings. The second kappa shape index (κ2) is 6.75. The number of amides is 1. The van der Waals surface area contributed by atoms with Gasteiger partial charge in [0.25, 0.3) is 5.91 Å². The van der Waals surface area contributed by atoms with Crippen LogP contribution in [0.3, 0.4) is 0 Å². The van der Waals surface area contributed by atoms with Gasteiger partial charge in [-0.25, -0.2) is 0 Å². The van der Waals surface area contributed by atoms with E-state index in [0.717, 1.165) is 4.47 Å². The molecular weight excluding hydrogens is 406 g/mol. The van der Waals surface area contributed by atoms with Crippen LogP contribution in [0.2, 0.25) is 5.02 Å². The minimum Gasteiger partial charge on any atom is -0.375 e. The maximum Gasteiger partial charge on any atom is 0.264 e. The van der Waals surface area contributed by atoms with Crippen molar-refractivity contribution in [1.29, 1.82) is 0 Å². The summed E-state index contributed by atoms with van der Waals surface area (Å²) in [6.07, 6.45) is 1.21. The minimum atomic E-state index is -1.94. The molecule has 1 heterocycles. The van der Waals surface area contributed by atoms with Crippen LogP contribution in [0.1, 0.15) is 22.3 Å². The van der Waals surface area contributed by atoms with E-state index in [4.69, 9.17) is 11.6 Å². The lowest BCUT2D eigenvalue weighted by Crippen LogP contribution is -2.41. The number of aliphatic hydroxyl groups is 1. The predicted octanol–water partition coefficient (Wildman–Crippen LogP) is 4.10. The van der Waals surface area contributed by atoms with Gasteiger partial charge in [-0.2, -0.15) is 0 Å². The summed E-state index contributed by atoms with van der Waals surface area (Å²) >= 11 is 9.36. The first-order chi connectivity index (χ1) is 11.9. The van der Waals surface area contributed by atoms with E-state index in [2.05, 4.69) is 22.5 Å². The fourth-order valence-corrected chi connectivity index (χ4v) is 3.57. The van der Waals surface area contributed by atoms with Gasteiger partial charge in [0.2, 0.25) is 0 Å². The summed E-state index contributed by atoms with van der Waals surface area (Å²) in [6.45, 7) is 3.88. The number of halogens is 2. The fourth-order valence-electron chi connectivity index (χ4n) is 3.00. The van der Waals surface area contributed by atoms with E-state index in [1.165, 1.54) is 11.0 Å². The third-order valence-electron chi connectivity index (χ3n) is 4.17. The molecule has 0 aliphatic carbocycles. The standard InChI is InChI=1S/C19H15BrClNO3/c1-2-8-22-16-7-6-14(21)10-15(16)19(25,18(22)24)11-17(23)12-4-3-5-13(20)9-12/h2-7,9-10,25H,1,8,11H2/t19-/m1/s1. The third kappa shape index (κ3) is 3.15. The number of anilines is 1. The molecular formula is C19H15BrClNO3. The molecule has 1 amide bonds. The van der Waals surface area contributed by atoms with Crippen LogP contribution in [0.15, 0.2) is 59.6 Å². The van der Waals surface area contributed by atoms with Gasteiger partial charge in [-0.05, 0) is 30.3 Å². The van der Waals surface area contributed by atoms with E-state index in [1.54, 1.807) is 42.5 Å². The van der Waals surface area contributed by atoms with Crippen molar-refractivity contribution in [1.82, 2.24) is 0 Å². The summed E-state index contributed by atoms with van der Waals surface area (Å²) < 4.78 is 0.750. The van der Waals surface area contributed by atoms with E-state index < -0.39 is 11.5 Å². The zero-order chi connectivity index (χ0) is 18.2. The highest BCUT2D eigenvalue weighted by Gasteiger charge is 2.50. The number of rotatable bonds is 5. The molecule has 0 spiro atoms. The molecule has 1 atom stereocenters. The van der Waals surface area contributed by atoms with Crippen molar-refractivity contribution in [3.63, 3.8) is 0 Å². The number of Topliss-reactive ketones (excluding diaryl/α,β-unsaturated/α-hetero) is 1. The number of carbonyl (C=O) groups excluding carboxylic acids is 2. The SMILES string of the molecule is C=CCN1C(=O)[C@@](O)(CC(=O)c2cccc(Br)c2)c2cc(Cl)ccc21. The summed E-state index contributed by atoms with van der Waals surface area (Å²) in [4.78, 5) is 26.9. The molecule has 0 fully saturated rings. The lowest BCUT2D eigenvalue weighted by atomic mass is 9.88. The number of hydrogen-bond acceptors (Lipinski definition) is 3. The lowest BCUT2D eigenvalue weighted by molar-refractivity contribution is -0.135. The van der Waals surface area contributed by atoms with Crippen LogP contribution < -0.4 is 4.90 Å². The molecule has 3 rings (SSSR count). The normalized spacial score (nSPS) is 19.0. The van der Waals surface area contributed by atoms with E-state index in [0.29, 0.717) is 21.8 Å². The van der Waals surface area contributed by atoms with Crippen molar-refractivity contribution in [3.8, 4) is 0 Å². The molecule has 0 radical (unpaired) electrons. The Hall–Kier alpha value is -1.95. The van der Waals surface area contributed by atoms with Crippen LogP contribution in [0.4, 0.5) is 5.69 Å². The molecule has 0 aromatic heterocycles. The van der Waals surface area contributed by atoms with Gasteiger partial charge >= 0.3 is 0 Å². The van der Waals surface area contributed by atoms with Crippen molar-refractivity contribution < 1.29 is 14.7 Å². The molecule has 0 bridgehead atoms. The smallest absolute Gasteiger partial charge is 0.264 e. The number of benzene rings is 2. The highest BCUT2D eigenvalue weighted by atomic mass is 79.9. The van der Waals surface area contributed by atoms with E-state index in [1.807, 2.05) is 0 Å². The van der Waals surface area contributed by atoms with E-state index in [9.17, 15) is 14.7 Å². The van der Waals surface area contributed by atoms with Gasteiger partial charge in [-0.3, -0.25) is 9.59 Å². The Morgan fingerprint density at radius 1 is 1.32 bits per heavy atom. The summed E-state index contributed by atoms with van der Waals surface area (Å²) in [5, 5.41) is 11.5. The Balaban J connectivity index is 2.02. The molecule has 1 aliphatic heterocycles. The van der Waals surface area contributed by atoms with Gasteiger partial charge in [-0.15, -0.1) is 6.58 Å². The Kier molecular flexibility index (Phi) is 4.82. The number of carbonyl (C=O) groups is 2. The van der Waals surface area contributed by atoms with Crippen LogP contribution >= 0.6 is 27.5 Å². The molecule has 2 aromatic carbocycles. The van der Waals surface area contributed by atoms with Gasteiger partial charge < -0.3 is 10.0 Å². The quantitative estimate of drug-likeness (QED) is 0.585. The average molecular weight is 421 g/mol. The lowest BCUT2D eigenvalue weighted by Gasteiger charge is -2.22. The molecule has 6 heteroatoms. The average Bonchev–Trinajstić information content (AvgIpc) is 2.77. The molecule has 4 nitrogen and oxygen atoms in total. The maximum atomic E-state index is 12.8. The fraction of sp³-hybridized carbons (Fsp3) is 0.158. The number of fused-ring (bicyclic) bond motifs is 1. The second-order valence-electron chi connectivity index (χ2n) is 5.84. The van der Waals surface area contributed by atoms with Gasteiger partial charge in [0.05, 0.1) is 12.1 Å². The topological polar surface area (TPSA) is 57.6 Å². The monoisotopic (exact) mass is 419 g/mol. The van der Waals surface area contributed by atoms with Crippen LogP contribution in [0.5, 0.6) is 0 Å². The van der Waals surface area contributed by atoms with Crippen molar-refractivity contribution in [2.24, 2.45) is 0 Å². The van der Waals surface area contributed by atoms with Gasteiger partial charge in [0.1, 0.15) is 0 Å². The maximum absolute atomic E-state index is 12.8. The first-order valence-corrected chi connectivity index (χ1v) is 8.78. The van der Waals surface area contributed by atoms with Crippen molar-refractivity contribution >= 4 is 44.9 Å². The van der Waals surface area contributed by atoms with Crippen molar-refractivity contribution in [2.75, 3.05) is 11.4 Å². The first kappa shape index (κ1) is 17.9. The summed E-state index contributed by atoms with van der Waals surface area (Å²) in [5.41, 5.74) is -0.641. The van der Waals surface area contributed by atoms with Gasteiger partial charge in [-0.1, -0.05) is 45.7 Å². The van der Waals surface area contributed by atoms with Crippen molar-refractivity contribution in [2.45, 2.75) is 12.0 Å². The van der Waals surface area contributed by atoms with Gasteiger partial charge in [0, 0.05) is 27.2 Å². The third-order valence-corrected chi connectivity index (χ3v) is 4.90. The first-order valence-electron chi connectivity index (χ1n) is 7.61. The Morgan fingerprint density at radius 2 is 2.08 bits per heavy atom. The largest absolute Gasteiger partial charge is 0.375 e. The Labute approximate surface area is 158 Å². The van der Waals surface area contributed by atoms with Crippen LogP contribution in [-0.2, 0) is 10.4 Å². The Bertz CT molecular complexity index is 883. The molecule has 0 unspecified atom stereocenters. The van der Waals surface area contributed by atoms with Crippen LogP contribution in [0, 0.1) is 0 Å². The highest BCUT2D eigenvalue weighted by Crippen LogP contribution is 2.44. The molecule has 0 saturated heterocycles. The second-order valence-corrected chi connectivity index (χ2v) is 7.19.